The zero-order valence-electron chi connectivity index (χ0n) is 11.7. The van der Waals surface area contributed by atoms with E-state index in [1.165, 1.54) is 4.88 Å². The zero-order chi connectivity index (χ0) is 13.1. The highest BCUT2D eigenvalue weighted by molar-refractivity contribution is 7.15. The number of aromatic nitrogens is 1. The first-order valence-corrected chi connectivity index (χ1v) is 7.50. The number of rotatable bonds is 4. The van der Waals surface area contributed by atoms with E-state index in [0.29, 0.717) is 12.1 Å². The van der Waals surface area contributed by atoms with Gasteiger partial charge in [0, 0.05) is 24.0 Å². The Morgan fingerprint density at radius 2 is 2.39 bits per heavy atom. The standard InChI is InChI=1S/C13H23N3OS/c1-5-14-10(3)12-11(4)15-13(18-12)16-6-7-17-9(2)8-16/h9-10,14H,5-8H2,1-4H3. The van der Waals surface area contributed by atoms with Crippen molar-refractivity contribution in [2.45, 2.75) is 39.8 Å². The Bertz CT molecular complexity index is 394. The fraction of sp³-hybridized carbons (Fsp3) is 0.769. The Balaban J connectivity index is 2.12. The van der Waals surface area contributed by atoms with Gasteiger partial charge in [0.25, 0.3) is 0 Å². The maximum Gasteiger partial charge on any atom is 0.185 e. The number of nitrogens with one attached hydrogen (secondary N) is 1. The van der Waals surface area contributed by atoms with Crippen LogP contribution in [0.25, 0.3) is 0 Å². The van der Waals surface area contributed by atoms with E-state index in [9.17, 15) is 0 Å². The molecular formula is C13H23N3OS. The third-order valence-electron chi connectivity index (χ3n) is 3.24. The summed E-state index contributed by atoms with van der Waals surface area (Å²) in [6, 6.07) is 0.389. The van der Waals surface area contributed by atoms with Gasteiger partial charge in [-0.25, -0.2) is 4.98 Å². The number of hydrogen-bond donors (Lipinski definition) is 1. The average molecular weight is 269 g/mol. The highest BCUT2D eigenvalue weighted by atomic mass is 32.1. The van der Waals surface area contributed by atoms with E-state index in [1.807, 2.05) is 11.3 Å². The fourth-order valence-corrected chi connectivity index (χ4v) is 3.45. The van der Waals surface area contributed by atoms with E-state index in [1.54, 1.807) is 0 Å². The van der Waals surface area contributed by atoms with Gasteiger partial charge in [0.05, 0.1) is 18.4 Å². The number of hydrogen-bond acceptors (Lipinski definition) is 5. The van der Waals surface area contributed by atoms with Crippen molar-refractivity contribution in [1.82, 2.24) is 10.3 Å². The second-order valence-electron chi connectivity index (χ2n) is 4.85. The number of anilines is 1. The van der Waals surface area contributed by atoms with Crippen LogP contribution in [0.5, 0.6) is 0 Å². The third-order valence-corrected chi connectivity index (χ3v) is 4.64. The predicted molar refractivity (Wildman–Crippen MR) is 76.6 cm³/mol. The average Bonchev–Trinajstić information content (AvgIpc) is 2.72. The molecule has 0 aromatic carbocycles. The Labute approximate surface area is 113 Å². The second kappa shape index (κ2) is 5.99. The van der Waals surface area contributed by atoms with Crippen LogP contribution >= 0.6 is 11.3 Å². The lowest BCUT2D eigenvalue weighted by Gasteiger charge is -2.30. The maximum absolute atomic E-state index is 5.58. The molecule has 102 valence electrons. The molecule has 0 radical (unpaired) electrons. The van der Waals surface area contributed by atoms with Crippen LogP contribution in [0.4, 0.5) is 5.13 Å². The Hall–Kier alpha value is -0.650. The zero-order valence-corrected chi connectivity index (χ0v) is 12.5. The molecule has 4 nitrogen and oxygen atoms in total. The van der Waals surface area contributed by atoms with E-state index in [-0.39, 0.29) is 0 Å². The van der Waals surface area contributed by atoms with Crippen LogP contribution in [0.1, 0.15) is 37.4 Å². The van der Waals surface area contributed by atoms with Gasteiger partial charge >= 0.3 is 0 Å². The fourth-order valence-electron chi connectivity index (χ4n) is 2.32. The third kappa shape index (κ3) is 3.02. The molecule has 1 aromatic rings. The van der Waals surface area contributed by atoms with Crippen LogP contribution in [-0.4, -0.2) is 37.3 Å². The molecule has 0 bridgehead atoms. The van der Waals surface area contributed by atoms with Crippen LogP contribution in [0.3, 0.4) is 0 Å². The summed E-state index contributed by atoms with van der Waals surface area (Å²) in [4.78, 5) is 8.42. The van der Waals surface area contributed by atoms with Crippen molar-refractivity contribution in [1.29, 1.82) is 0 Å². The van der Waals surface area contributed by atoms with Crippen molar-refractivity contribution in [3.8, 4) is 0 Å². The number of aryl methyl sites for hydroxylation is 1. The molecule has 2 atom stereocenters. The van der Waals surface area contributed by atoms with Crippen molar-refractivity contribution in [3.63, 3.8) is 0 Å². The molecule has 1 fully saturated rings. The smallest absolute Gasteiger partial charge is 0.185 e. The number of thiazole rings is 1. The maximum atomic E-state index is 5.58. The van der Waals surface area contributed by atoms with Crippen molar-refractivity contribution in [2.24, 2.45) is 0 Å². The second-order valence-corrected chi connectivity index (χ2v) is 5.86. The Morgan fingerprint density at radius 1 is 1.61 bits per heavy atom. The van der Waals surface area contributed by atoms with Crippen LogP contribution < -0.4 is 10.2 Å². The topological polar surface area (TPSA) is 37.4 Å². The number of nitrogens with zero attached hydrogens (tertiary/aromatic N) is 2. The van der Waals surface area contributed by atoms with Crippen molar-refractivity contribution >= 4 is 16.5 Å². The van der Waals surface area contributed by atoms with Gasteiger partial charge in [0.15, 0.2) is 5.13 Å². The summed E-state index contributed by atoms with van der Waals surface area (Å²) in [5, 5.41) is 4.60. The summed E-state index contributed by atoms with van der Waals surface area (Å²) in [7, 11) is 0. The molecule has 1 saturated heterocycles. The lowest BCUT2D eigenvalue weighted by atomic mass is 10.2. The minimum absolute atomic E-state index is 0.303. The lowest BCUT2D eigenvalue weighted by molar-refractivity contribution is 0.0532. The molecular weight excluding hydrogens is 246 g/mol. The molecule has 1 aliphatic rings. The van der Waals surface area contributed by atoms with Gasteiger partial charge < -0.3 is 15.0 Å². The van der Waals surface area contributed by atoms with Gasteiger partial charge in [-0.05, 0) is 27.3 Å². The molecule has 0 aliphatic carbocycles. The molecule has 18 heavy (non-hydrogen) atoms. The van der Waals surface area contributed by atoms with Gasteiger partial charge in [0.1, 0.15) is 0 Å². The van der Waals surface area contributed by atoms with Gasteiger partial charge in [-0.2, -0.15) is 0 Å². The van der Waals surface area contributed by atoms with Crippen LogP contribution in [0.15, 0.2) is 0 Å². The highest BCUT2D eigenvalue weighted by Gasteiger charge is 2.22. The number of morpholine rings is 1. The molecule has 0 amide bonds. The summed E-state index contributed by atoms with van der Waals surface area (Å²) >= 11 is 1.81. The van der Waals surface area contributed by atoms with Gasteiger partial charge in [-0.15, -0.1) is 11.3 Å². The van der Waals surface area contributed by atoms with E-state index < -0.39 is 0 Å². The molecule has 1 aromatic heterocycles. The highest BCUT2D eigenvalue weighted by Crippen LogP contribution is 2.31. The monoisotopic (exact) mass is 269 g/mol. The first kappa shape index (κ1) is 13.8. The normalized spacial score (nSPS) is 22.2. The van der Waals surface area contributed by atoms with Crippen LogP contribution in [0.2, 0.25) is 0 Å². The quantitative estimate of drug-likeness (QED) is 0.910. The van der Waals surface area contributed by atoms with Crippen LogP contribution in [0, 0.1) is 6.92 Å². The first-order chi connectivity index (χ1) is 8.61. The molecule has 1 aliphatic heterocycles. The van der Waals surface area contributed by atoms with Crippen molar-refractivity contribution in [2.75, 3.05) is 31.1 Å². The predicted octanol–water partition coefficient (Wildman–Crippen LogP) is 2.35. The largest absolute Gasteiger partial charge is 0.375 e. The lowest BCUT2D eigenvalue weighted by Crippen LogP contribution is -2.41. The summed E-state index contributed by atoms with van der Waals surface area (Å²) in [5.74, 6) is 0. The van der Waals surface area contributed by atoms with E-state index >= 15 is 0 Å². The minimum Gasteiger partial charge on any atom is -0.375 e. The van der Waals surface area contributed by atoms with Gasteiger partial charge in [0.2, 0.25) is 0 Å². The summed E-state index contributed by atoms with van der Waals surface area (Å²) in [6.07, 6.45) is 0.303. The van der Waals surface area contributed by atoms with E-state index in [0.717, 1.165) is 37.1 Å². The Kier molecular flexibility index (Phi) is 4.59. The Morgan fingerprint density at radius 3 is 3.06 bits per heavy atom. The molecule has 5 heteroatoms. The molecule has 2 rings (SSSR count). The van der Waals surface area contributed by atoms with Crippen LogP contribution in [-0.2, 0) is 4.74 Å². The van der Waals surface area contributed by atoms with E-state index in [2.05, 4.69) is 37.9 Å². The van der Waals surface area contributed by atoms with Crippen molar-refractivity contribution in [3.05, 3.63) is 10.6 Å². The minimum atomic E-state index is 0.303. The molecule has 0 saturated carbocycles. The molecule has 2 unspecified atom stereocenters. The first-order valence-electron chi connectivity index (χ1n) is 6.69. The summed E-state index contributed by atoms with van der Waals surface area (Å²) in [6.45, 7) is 12.3. The number of ether oxygens (including phenoxy) is 1. The van der Waals surface area contributed by atoms with Crippen molar-refractivity contribution < 1.29 is 4.74 Å². The van der Waals surface area contributed by atoms with Gasteiger partial charge in [-0.1, -0.05) is 6.92 Å². The van der Waals surface area contributed by atoms with E-state index in [4.69, 9.17) is 9.72 Å². The van der Waals surface area contributed by atoms with Gasteiger partial charge in [-0.3, -0.25) is 0 Å². The molecule has 0 spiro atoms. The SMILES string of the molecule is CCNC(C)c1sc(N2CCOC(C)C2)nc1C. The summed E-state index contributed by atoms with van der Waals surface area (Å²) in [5.41, 5.74) is 1.16. The summed E-state index contributed by atoms with van der Waals surface area (Å²) < 4.78 is 5.58. The molecule has 2 heterocycles. The molecule has 1 N–H and O–H groups in total.